The van der Waals surface area contributed by atoms with E-state index in [4.69, 9.17) is 4.74 Å². The molecular weight excluding hydrogens is 256 g/mol. The average molecular weight is 276 g/mol. The van der Waals surface area contributed by atoms with Gasteiger partial charge >= 0.3 is 6.03 Å². The molecule has 0 aliphatic heterocycles. The van der Waals surface area contributed by atoms with Gasteiger partial charge in [-0.1, -0.05) is 19.3 Å². The van der Waals surface area contributed by atoms with Gasteiger partial charge in [0.2, 0.25) is 0 Å². The molecule has 0 bridgehead atoms. The topological polar surface area (TPSA) is 67.4 Å². The van der Waals surface area contributed by atoms with Gasteiger partial charge in [-0.25, -0.2) is 4.79 Å². The standard InChI is InChI=1S/C15H20N2O3/c1-20-14-8-7-11(10-18)9-13(14)17-15(19)16-12-5-3-2-4-6-12/h7-10,12H,2-6H2,1H3,(H2,16,17,19). The SMILES string of the molecule is COc1ccc(C=O)cc1NC(=O)NC1CCCCC1. The van der Waals surface area contributed by atoms with E-state index in [1.807, 2.05) is 0 Å². The van der Waals surface area contributed by atoms with Crippen molar-refractivity contribution >= 4 is 18.0 Å². The summed E-state index contributed by atoms with van der Waals surface area (Å²) < 4.78 is 5.18. The Hall–Kier alpha value is -2.04. The van der Waals surface area contributed by atoms with Crippen molar-refractivity contribution in [1.82, 2.24) is 5.32 Å². The molecule has 0 heterocycles. The lowest BCUT2D eigenvalue weighted by Crippen LogP contribution is -2.39. The van der Waals surface area contributed by atoms with Gasteiger partial charge in [-0.2, -0.15) is 0 Å². The molecule has 1 aliphatic rings. The van der Waals surface area contributed by atoms with Crippen LogP contribution in [0.2, 0.25) is 0 Å². The number of ether oxygens (including phenoxy) is 1. The molecule has 0 radical (unpaired) electrons. The molecule has 1 aromatic rings. The first-order valence-electron chi connectivity index (χ1n) is 6.93. The number of rotatable bonds is 4. The third-order valence-corrected chi connectivity index (χ3v) is 3.55. The Morgan fingerprint density at radius 1 is 1.30 bits per heavy atom. The number of nitrogens with one attached hydrogen (secondary N) is 2. The van der Waals surface area contributed by atoms with Crippen LogP contribution >= 0.6 is 0 Å². The molecule has 5 nitrogen and oxygen atoms in total. The summed E-state index contributed by atoms with van der Waals surface area (Å²) in [6.45, 7) is 0. The number of hydrogen-bond donors (Lipinski definition) is 2. The van der Waals surface area contributed by atoms with Crippen LogP contribution in [0.25, 0.3) is 0 Å². The number of hydrogen-bond acceptors (Lipinski definition) is 3. The predicted molar refractivity (Wildman–Crippen MR) is 77.4 cm³/mol. The molecule has 0 aromatic heterocycles. The molecule has 1 saturated carbocycles. The summed E-state index contributed by atoms with van der Waals surface area (Å²) in [5.74, 6) is 0.536. The highest BCUT2D eigenvalue weighted by Gasteiger charge is 2.16. The smallest absolute Gasteiger partial charge is 0.319 e. The first kappa shape index (κ1) is 14.4. The van der Waals surface area contributed by atoms with E-state index in [-0.39, 0.29) is 12.1 Å². The monoisotopic (exact) mass is 276 g/mol. The van der Waals surface area contributed by atoms with Crippen LogP contribution in [-0.2, 0) is 0 Å². The second-order valence-corrected chi connectivity index (χ2v) is 5.01. The Morgan fingerprint density at radius 2 is 2.05 bits per heavy atom. The van der Waals surface area contributed by atoms with Crippen molar-refractivity contribution in [1.29, 1.82) is 0 Å². The molecule has 1 aromatic carbocycles. The van der Waals surface area contributed by atoms with Crippen molar-refractivity contribution in [3.8, 4) is 5.75 Å². The quantitative estimate of drug-likeness (QED) is 0.831. The van der Waals surface area contributed by atoms with Gasteiger partial charge in [-0.05, 0) is 31.0 Å². The summed E-state index contributed by atoms with van der Waals surface area (Å²) in [7, 11) is 1.53. The minimum Gasteiger partial charge on any atom is -0.495 e. The molecule has 2 N–H and O–H groups in total. The van der Waals surface area contributed by atoms with Crippen LogP contribution < -0.4 is 15.4 Å². The zero-order valence-corrected chi connectivity index (χ0v) is 11.6. The summed E-state index contributed by atoms with van der Waals surface area (Å²) >= 11 is 0. The molecule has 1 aliphatic carbocycles. The van der Waals surface area contributed by atoms with Crippen molar-refractivity contribution in [2.45, 2.75) is 38.1 Å². The van der Waals surface area contributed by atoms with Crippen LogP contribution in [0.5, 0.6) is 5.75 Å². The van der Waals surface area contributed by atoms with Gasteiger partial charge in [0.15, 0.2) is 0 Å². The maximum atomic E-state index is 12.0. The molecule has 2 amide bonds. The summed E-state index contributed by atoms with van der Waals surface area (Å²) in [6.07, 6.45) is 6.36. The fourth-order valence-electron chi connectivity index (χ4n) is 2.49. The van der Waals surface area contributed by atoms with Crippen LogP contribution in [-0.4, -0.2) is 25.5 Å². The minimum atomic E-state index is -0.252. The van der Waals surface area contributed by atoms with Crippen molar-refractivity contribution < 1.29 is 14.3 Å². The average Bonchev–Trinajstić information content (AvgIpc) is 2.48. The molecular formula is C15H20N2O3. The fourth-order valence-corrected chi connectivity index (χ4v) is 2.49. The number of carbonyl (C=O) groups is 2. The van der Waals surface area contributed by atoms with Gasteiger partial charge in [0.1, 0.15) is 12.0 Å². The van der Waals surface area contributed by atoms with E-state index in [2.05, 4.69) is 10.6 Å². The van der Waals surface area contributed by atoms with Crippen molar-refractivity contribution in [2.75, 3.05) is 12.4 Å². The van der Waals surface area contributed by atoms with Gasteiger partial charge in [0.05, 0.1) is 12.8 Å². The number of urea groups is 1. The van der Waals surface area contributed by atoms with Gasteiger partial charge in [0, 0.05) is 11.6 Å². The lowest BCUT2D eigenvalue weighted by Gasteiger charge is -2.23. The van der Waals surface area contributed by atoms with Crippen LogP contribution in [0, 0.1) is 0 Å². The summed E-state index contributed by atoms with van der Waals surface area (Å²) in [5, 5.41) is 5.71. The lowest BCUT2D eigenvalue weighted by molar-refractivity contribution is 0.112. The molecule has 108 valence electrons. The summed E-state index contributed by atoms with van der Waals surface area (Å²) in [6, 6.07) is 4.91. The van der Waals surface area contributed by atoms with Crippen LogP contribution in [0.15, 0.2) is 18.2 Å². The Labute approximate surface area is 118 Å². The maximum Gasteiger partial charge on any atom is 0.319 e. The Bertz CT molecular complexity index is 482. The van der Waals surface area contributed by atoms with Gasteiger partial charge in [0.25, 0.3) is 0 Å². The van der Waals surface area contributed by atoms with Gasteiger partial charge in [-0.3, -0.25) is 4.79 Å². The van der Waals surface area contributed by atoms with Crippen molar-refractivity contribution in [3.63, 3.8) is 0 Å². The molecule has 20 heavy (non-hydrogen) atoms. The molecule has 0 spiro atoms. The summed E-state index contributed by atoms with van der Waals surface area (Å²) in [5.41, 5.74) is 1.00. The van der Waals surface area contributed by atoms with Crippen LogP contribution in [0.3, 0.4) is 0 Å². The highest BCUT2D eigenvalue weighted by molar-refractivity contribution is 5.92. The first-order chi connectivity index (χ1) is 9.72. The zero-order chi connectivity index (χ0) is 14.4. The van der Waals surface area contributed by atoms with Gasteiger partial charge < -0.3 is 15.4 Å². The Morgan fingerprint density at radius 3 is 2.70 bits per heavy atom. The minimum absolute atomic E-state index is 0.240. The van der Waals surface area contributed by atoms with E-state index >= 15 is 0 Å². The largest absolute Gasteiger partial charge is 0.495 e. The second kappa shape index (κ2) is 6.93. The highest BCUT2D eigenvalue weighted by Crippen LogP contribution is 2.25. The van der Waals surface area contributed by atoms with E-state index in [1.54, 1.807) is 18.2 Å². The highest BCUT2D eigenvalue weighted by atomic mass is 16.5. The van der Waals surface area contributed by atoms with Crippen LogP contribution in [0.1, 0.15) is 42.5 Å². The fraction of sp³-hybridized carbons (Fsp3) is 0.467. The van der Waals surface area contributed by atoms with E-state index in [0.717, 1.165) is 32.0 Å². The molecule has 0 unspecified atom stereocenters. The second-order valence-electron chi connectivity index (χ2n) is 5.01. The molecule has 0 atom stereocenters. The van der Waals surface area contributed by atoms with E-state index in [0.29, 0.717) is 17.0 Å². The number of benzene rings is 1. The normalized spacial score (nSPS) is 15.4. The third-order valence-electron chi connectivity index (χ3n) is 3.55. The predicted octanol–water partition coefficient (Wildman–Crippen LogP) is 2.96. The number of methoxy groups -OCH3 is 1. The maximum absolute atomic E-state index is 12.0. The molecule has 5 heteroatoms. The molecule has 0 saturated heterocycles. The summed E-state index contributed by atoms with van der Waals surface area (Å²) in [4.78, 5) is 22.8. The van der Waals surface area contributed by atoms with Crippen molar-refractivity contribution in [2.24, 2.45) is 0 Å². The number of aldehydes is 1. The van der Waals surface area contributed by atoms with Crippen LogP contribution in [0.4, 0.5) is 10.5 Å². The van der Waals surface area contributed by atoms with Crippen molar-refractivity contribution in [3.05, 3.63) is 23.8 Å². The molecule has 2 rings (SSSR count). The Kier molecular flexibility index (Phi) is 4.98. The molecule has 1 fully saturated rings. The lowest BCUT2D eigenvalue weighted by atomic mass is 9.96. The van der Waals surface area contributed by atoms with E-state index in [9.17, 15) is 9.59 Å². The zero-order valence-electron chi connectivity index (χ0n) is 11.6. The Balaban J connectivity index is 2.00. The first-order valence-corrected chi connectivity index (χ1v) is 6.93. The number of carbonyl (C=O) groups excluding carboxylic acids is 2. The number of amides is 2. The van der Waals surface area contributed by atoms with E-state index < -0.39 is 0 Å². The van der Waals surface area contributed by atoms with Gasteiger partial charge in [-0.15, -0.1) is 0 Å². The van der Waals surface area contributed by atoms with E-state index in [1.165, 1.54) is 13.5 Å². The third kappa shape index (κ3) is 3.73. The number of anilines is 1.